The normalized spacial score (nSPS) is 11.5. The Morgan fingerprint density at radius 3 is 2.00 bits per heavy atom. The average molecular weight is 710 g/mol. The third kappa shape index (κ3) is 13.4. The zero-order valence-electron chi connectivity index (χ0n) is 30.1. The molecule has 0 unspecified atom stereocenters. The first-order valence-corrected chi connectivity index (χ1v) is 17.2. The predicted octanol–water partition coefficient (Wildman–Crippen LogP) is 6.32. The SMILES string of the molecule is CCOc1ccc(C[C@@H](NC(=O)OC(C)(C)C)C(=O)N(CCc2cccnc2)C(=O)NCc2ccc(CNC(=O)OCc3ccccc3)cc2)cc1. The van der Waals surface area contributed by atoms with Crippen LogP contribution in [0.1, 0.15) is 55.5 Å². The van der Waals surface area contributed by atoms with Crippen molar-refractivity contribution < 1.29 is 33.4 Å². The van der Waals surface area contributed by atoms with Crippen LogP contribution in [0.15, 0.2) is 103 Å². The molecule has 0 fully saturated rings. The zero-order valence-corrected chi connectivity index (χ0v) is 30.1. The predicted molar refractivity (Wildman–Crippen MR) is 196 cm³/mol. The van der Waals surface area contributed by atoms with Gasteiger partial charge in [-0.25, -0.2) is 14.4 Å². The minimum Gasteiger partial charge on any atom is -0.494 e. The Kier molecular flexibility index (Phi) is 14.6. The second kappa shape index (κ2) is 19.5. The van der Waals surface area contributed by atoms with Crippen LogP contribution in [-0.2, 0) is 46.8 Å². The van der Waals surface area contributed by atoms with Crippen LogP contribution in [0.3, 0.4) is 0 Å². The molecule has 0 bridgehead atoms. The van der Waals surface area contributed by atoms with E-state index in [2.05, 4.69) is 20.9 Å². The first-order chi connectivity index (χ1) is 25.0. The highest BCUT2D eigenvalue weighted by Gasteiger charge is 2.32. The van der Waals surface area contributed by atoms with E-state index in [1.165, 1.54) is 0 Å². The van der Waals surface area contributed by atoms with Gasteiger partial charge in [-0.1, -0.05) is 72.8 Å². The molecule has 0 aliphatic heterocycles. The number of nitrogens with zero attached hydrogens (tertiary/aromatic N) is 2. The fraction of sp³-hybridized carbons (Fsp3) is 0.325. The molecule has 1 aromatic heterocycles. The number of imide groups is 1. The van der Waals surface area contributed by atoms with Gasteiger partial charge in [-0.05, 0) is 80.1 Å². The maximum Gasteiger partial charge on any atom is 0.408 e. The van der Waals surface area contributed by atoms with E-state index in [-0.39, 0.29) is 32.7 Å². The summed E-state index contributed by atoms with van der Waals surface area (Å²) >= 11 is 0. The van der Waals surface area contributed by atoms with Crippen molar-refractivity contribution in [3.8, 4) is 5.75 Å². The van der Waals surface area contributed by atoms with Crippen LogP contribution >= 0.6 is 0 Å². The van der Waals surface area contributed by atoms with Crippen molar-refractivity contribution in [1.82, 2.24) is 25.8 Å². The van der Waals surface area contributed by atoms with Gasteiger partial charge < -0.3 is 30.2 Å². The van der Waals surface area contributed by atoms with Gasteiger partial charge in [0.25, 0.3) is 5.91 Å². The van der Waals surface area contributed by atoms with Crippen molar-refractivity contribution in [2.75, 3.05) is 13.2 Å². The topological polar surface area (TPSA) is 148 Å². The number of urea groups is 1. The molecule has 0 radical (unpaired) electrons. The standard InChI is InChI=1S/C40H47N5O7/c1-5-50-34-19-17-29(18-20-34)24-35(44-39(49)52-40(2,3)4)36(46)45(23-21-30-12-9-22-41-25-30)37(47)42-26-31-13-15-32(16-14-31)27-43-38(48)51-28-33-10-7-6-8-11-33/h6-20,22,25,35H,5,21,23-24,26-28H2,1-4H3,(H,42,47)(H,43,48)(H,44,49)/t35-/m1/s1. The Bertz CT molecular complexity index is 1730. The van der Waals surface area contributed by atoms with Crippen LogP contribution in [0, 0.1) is 0 Å². The summed E-state index contributed by atoms with van der Waals surface area (Å²) < 4.78 is 16.3. The molecule has 12 nitrogen and oxygen atoms in total. The first-order valence-electron chi connectivity index (χ1n) is 17.2. The van der Waals surface area contributed by atoms with E-state index in [1.54, 1.807) is 51.4 Å². The van der Waals surface area contributed by atoms with Crippen LogP contribution in [0.2, 0.25) is 0 Å². The number of nitrogens with one attached hydrogen (secondary N) is 3. The van der Waals surface area contributed by atoms with Gasteiger partial charge >= 0.3 is 18.2 Å². The molecule has 12 heteroatoms. The zero-order chi connectivity index (χ0) is 37.3. The van der Waals surface area contributed by atoms with Gasteiger partial charge in [0, 0.05) is 38.4 Å². The van der Waals surface area contributed by atoms with E-state index in [9.17, 15) is 19.2 Å². The van der Waals surface area contributed by atoms with E-state index in [0.717, 1.165) is 32.7 Å². The van der Waals surface area contributed by atoms with Crippen LogP contribution in [0.4, 0.5) is 14.4 Å². The third-order valence-corrected chi connectivity index (χ3v) is 7.64. The summed E-state index contributed by atoms with van der Waals surface area (Å²) in [7, 11) is 0. The molecule has 3 N–H and O–H groups in total. The Labute approximate surface area is 304 Å². The van der Waals surface area contributed by atoms with Gasteiger partial charge in [0.15, 0.2) is 0 Å². The summed E-state index contributed by atoms with van der Waals surface area (Å²) in [6.07, 6.45) is 2.48. The summed E-state index contributed by atoms with van der Waals surface area (Å²) in [5, 5.41) is 8.28. The van der Waals surface area contributed by atoms with Gasteiger partial charge in [0.05, 0.1) is 6.61 Å². The largest absolute Gasteiger partial charge is 0.494 e. The summed E-state index contributed by atoms with van der Waals surface area (Å²) in [4.78, 5) is 58.3. The first kappa shape index (κ1) is 38.9. The van der Waals surface area contributed by atoms with Crippen LogP contribution in [0.25, 0.3) is 0 Å². The second-order valence-electron chi connectivity index (χ2n) is 13.0. The summed E-state index contributed by atoms with van der Waals surface area (Å²) in [5.41, 5.74) is 3.30. The van der Waals surface area contributed by atoms with Crippen molar-refractivity contribution in [3.63, 3.8) is 0 Å². The number of carbonyl (C=O) groups is 4. The van der Waals surface area contributed by atoms with Crippen molar-refractivity contribution >= 4 is 24.1 Å². The van der Waals surface area contributed by atoms with Crippen molar-refractivity contribution in [1.29, 1.82) is 0 Å². The Morgan fingerprint density at radius 2 is 1.38 bits per heavy atom. The highest BCUT2D eigenvalue weighted by atomic mass is 16.6. The van der Waals surface area contributed by atoms with Crippen LogP contribution in [-0.4, -0.2) is 58.8 Å². The number of hydrogen-bond donors (Lipinski definition) is 3. The minimum absolute atomic E-state index is 0.0388. The van der Waals surface area contributed by atoms with E-state index < -0.39 is 35.8 Å². The highest BCUT2D eigenvalue weighted by Crippen LogP contribution is 2.16. The van der Waals surface area contributed by atoms with E-state index in [0.29, 0.717) is 18.8 Å². The second-order valence-corrected chi connectivity index (χ2v) is 13.0. The van der Waals surface area contributed by atoms with Gasteiger partial charge in [-0.2, -0.15) is 0 Å². The summed E-state index contributed by atoms with van der Waals surface area (Å²) in [5.74, 6) is 0.0825. The molecule has 0 aliphatic rings. The smallest absolute Gasteiger partial charge is 0.408 e. The molecule has 4 aromatic rings. The number of aromatic nitrogens is 1. The Morgan fingerprint density at radius 1 is 0.750 bits per heavy atom. The maximum atomic E-state index is 14.2. The molecule has 0 spiro atoms. The molecule has 4 rings (SSSR count). The van der Waals surface area contributed by atoms with Gasteiger partial charge in [0.1, 0.15) is 24.0 Å². The van der Waals surface area contributed by atoms with Crippen LogP contribution in [0.5, 0.6) is 5.75 Å². The maximum absolute atomic E-state index is 14.2. The number of pyridine rings is 1. The third-order valence-electron chi connectivity index (χ3n) is 7.64. The highest BCUT2D eigenvalue weighted by molar-refractivity contribution is 5.98. The molecular formula is C40H47N5O7. The van der Waals surface area contributed by atoms with Gasteiger partial charge in [-0.3, -0.25) is 14.7 Å². The molecule has 0 saturated carbocycles. The number of rotatable bonds is 15. The summed E-state index contributed by atoms with van der Waals surface area (Å²) in [6.45, 7) is 8.19. The molecule has 1 atom stereocenters. The number of benzene rings is 3. The molecule has 3 aromatic carbocycles. The molecular weight excluding hydrogens is 662 g/mol. The molecule has 1 heterocycles. The average Bonchev–Trinajstić information content (AvgIpc) is 3.13. The molecule has 5 amide bonds. The molecule has 0 saturated heterocycles. The number of hydrogen-bond acceptors (Lipinski definition) is 8. The Hall–Kier alpha value is -5.91. The van der Waals surface area contributed by atoms with E-state index in [4.69, 9.17) is 14.2 Å². The lowest BCUT2D eigenvalue weighted by Crippen LogP contribution is -2.55. The Balaban J connectivity index is 1.43. The fourth-order valence-electron chi connectivity index (χ4n) is 5.06. The quantitative estimate of drug-likeness (QED) is 0.130. The lowest BCUT2D eigenvalue weighted by atomic mass is 10.0. The van der Waals surface area contributed by atoms with Crippen LogP contribution < -0.4 is 20.7 Å². The van der Waals surface area contributed by atoms with Gasteiger partial charge in [-0.15, -0.1) is 0 Å². The monoisotopic (exact) mass is 709 g/mol. The van der Waals surface area contributed by atoms with Crippen molar-refractivity contribution in [2.45, 2.75) is 71.9 Å². The van der Waals surface area contributed by atoms with Gasteiger partial charge in [0.2, 0.25) is 0 Å². The number of amides is 5. The fourth-order valence-corrected chi connectivity index (χ4v) is 5.06. The lowest BCUT2D eigenvalue weighted by Gasteiger charge is -2.28. The molecule has 0 aliphatic carbocycles. The van der Waals surface area contributed by atoms with E-state index in [1.807, 2.05) is 79.7 Å². The number of carbonyl (C=O) groups excluding carboxylic acids is 4. The van der Waals surface area contributed by atoms with E-state index >= 15 is 0 Å². The number of ether oxygens (including phenoxy) is 3. The van der Waals surface area contributed by atoms with Crippen molar-refractivity contribution in [2.24, 2.45) is 0 Å². The molecule has 52 heavy (non-hydrogen) atoms. The lowest BCUT2D eigenvalue weighted by molar-refractivity contribution is -0.130. The minimum atomic E-state index is -1.11. The molecule has 274 valence electrons. The van der Waals surface area contributed by atoms with Crippen molar-refractivity contribution in [3.05, 3.63) is 131 Å². The number of alkyl carbamates (subject to hydrolysis) is 2. The summed E-state index contributed by atoms with van der Waals surface area (Å²) in [6, 6.07) is 25.9.